The van der Waals surface area contributed by atoms with Crippen molar-refractivity contribution in [3.8, 4) is 6.07 Å². The molecule has 1 unspecified atom stereocenters. The number of para-hydroxylation sites is 1. The number of hydrogen-bond acceptors (Lipinski definition) is 6. The third-order valence-electron chi connectivity index (χ3n) is 6.11. The Balaban J connectivity index is 1.50. The molecular weight excluding hydrogens is 434 g/mol. The first-order valence-corrected chi connectivity index (χ1v) is 12.3. The Morgan fingerprint density at radius 1 is 1.39 bits per heavy atom. The molecule has 3 aromatic rings. The maximum Gasteiger partial charge on any atom is 0.258 e. The number of nitrogens with zero attached hydrogens (tertiary/aromatic N) is 3. The number of amides is 1. The Morgan fingerprint density at radius 3 is 3.00 bits per heavy atom. The van der Waals surface area contributed by atoms with Gasteiger partial charge >= 0.3 is 0 Å². The molecule has 2 aromatic heterocycles. The average Bonchev–Trinajstić information content (AvgIpc) is 3.13. The summed E-state index contributed by atoms with van der Waals surface area (Å²) in [5, 5.41) is 13.9. The summed E-state index contributed by atoms with van der Waals surface area (Å²) in [7, 11) is 0. The minimum Gasteiger partial charge on any atom is -0.315 e. The molecular formula is C25H29N5O2S. The van der Waals surface area contributed by atoms with Crippen molar-refractivity contribution in [1.29, 1.82) is 5.26 Å². The first-order valence-electron chi connectivity index (χ1n) is 11.5. The number of aromatic nitrogens is 2. The lowest BCUT2D eigenvalue weighted by Crippen LogP contribution is -2.34. The third-order valence-corrected chi connectivity index (χ3v) is 7.28. The summed E-state index contributed by atoms with van der Waals surface area (Å²) in [5.41, 5.74) is 2.20. The van der Waals surface area contributed by atoms with Gasteiger partial charge in [0.1, 0.15) is 16.9 Å². The van der Waals surface area contributed by atoms with Crippen molar-refractivity contribution in [3.05, 3.63) is 56.4 Å². The lowest BCUT2D eigenvalue weighted by molar-refractivity contribution is -0.117. The van der Waals surface area contributed by atoms with Crippen molar-refractivity contribution in [3.63, 3.8) is 0 Å². The number of unbranched alkanes of at least 4 members (excludes halogenated alkanes) is 1. The van der Waals surface area contributed by atoms with E-state index in [0.717, 1.165) is 37.7 Å². The van der Waals surface area contributed by atoms with Gasteiger partial charge in [-0.2, -0.15) is 5.26 Å². The molecule has 0 aliphatic heterocycles. The number of fused-ring (bicyclic) bond motifs is 2. The maximum atomic E-state index is 13.0. The van der Waals surface area contributed by atoms with Crippen molar-refractivity contribution in [1.82, 2.24) is 14.9 Å². The van der Waals surface area contributed by atoms with Crippen LogP contribution in [-0.2, 0) is 24.2 Å². The van der Waals surface area contributed by atoms with E-state index in [-0.39, 0.29) is 18.0 Å². The van der Waals surface area contributed by atoms with Crippen LogP contribution in [0.2, 0.25) is 0 Å². The zero-order chi connectivity index (χ0) is 23.4. The lowest BCUT2D eigenvalue weighted by atomic mass is 9.89. The van der Waals surface area contributed by atoms with Gasteiger partial charge in [0, 0.05) is 4.88 Å². The SMILES string of the molecule is CCCCN(CC(=O)Nc1sc2c(c1C#N)CCC(C)C2)Cc1nc2ccccc2c(=O)[nH]1. The molecule has 0 spiro atoms. The first-order chi connectivity index (χ1) is 16.0. The molecule has 0 radical (unpaired) electrons. The van der Waals surface area contributed by atoms with E-state index in [9.17, 15) is 14.9 Å². The number of carbonyl (C=O) groups is 1. The summed E-state index contributed by atoms with van der Waals surface area (Å²) in [5.74, 6) is 0.991. The molecule has 8 heteroatoms. The molecule has 7 nitrogen and oxygen atoms in total. The molecule has 1 aliphatic carbocycles. The number of nitrogens with one attached hydrogen (secondary N) is 2. The van der Waals surface area contributed by atoms with Gasteiger partial charge in [-0.25, -0.2) is 4.98 Å². The average molecular weight is 464 g/mol. The zero-order valence-corrected chi connectivity index (χ0v) is 19.9. The van der Waals surface area contributed by atoms with E-state index in [1.165, 1.54) is 16.2 Å². The number of nitriles is 1. The summed E-state index contributed by atoms with van der Waals surface area (Å²) >= 11 is 1.54. The highest BCUT2D eigenvalue weighted by Crippen LogP contribution is 2.39. The van der Waals surface area contributed by atoms with Gasteiger partial charge < -0.3 is 10.3 Å². The number of hydrogen-bond donors (Lipinski definition) is 2. The molecule has 1 aromatic carbocycles. The molecule has 0 bridgehead atoms. The van der Waals surface area contributed by atoms with Gasteiger partial charge in [-0.3, -0.25) is 14.5 Å². The number of rotatable bonds is 8. The van der Waals surface area contributed by atoms with Crippen LogP contribution < -0.4 is 10.9 Å². The molecule has 4 rings (SSSR count). The molecule has 33 heavy (non-hydrogen) atoms. The van der Waals surface area contributed by atoms with Crippen molar-refractivity contribution in [2.24, 2.45) is 5.92 Å². The second-order valence-corrected chi connectivity index (χ2v) is 9.92. The van der Waals surface area contributed by atoms with Crippen molar-refractivity contribution in [2.75, 3.05) is 18.4 Å². The standard InChI is InChI=1S/C25H29N5O2S/c1-3-4-11-30(14-22-27-20-8-6-5-7-18(20)24(32)28-22)15-23(31)29-25-19(13-26)17-10-9-16(2)12-21(17)33-25/h5-8,16H,3-4,9-12,14-15H2,1-2H3,(H,29,31)(H,27,28,32). The molecule has 172 valence electrons. The fourth-order valence-corrected chi connectivity index (χ4v) is 5.72. The predicted molar refractivity (Wildman–Crippen MR) is 131 cm³/mol. The predicted octanol–water partition coefficient (Wildman–Crippen LogP) is 4.22. The minimum absolute atomic E-state index is 0.155. The number of H-pyrrole nitrogens is 1. The summed E-state index contributed by atoms with van der Waals surface area (Å²) in [4.78, 5) is 36.0. The molecule has 0 saturated carbocycles. The molecule has 0 fully saturated rings. The summed E-state index contributed by atoms with van der Waals surface area (Å²) in [6, 6.07) is 9.55. The van der Waals surface area contributed by atoms with Gasteiger partial charge in [-0.15, -0.1) is 11.3 Å². The van der Waals surface area contributed by atoms with Crippen LogP contribution >= 0.6 is 11.3 Å². The van der Waals surface area contributed by atoms with E-state index in [1.54, 1.807) is 6.07 Å². The van der Waals surface area contributed by atoms with E-state index in [0.29, 0.717) is 46.3 Å². The van der Waals surface area contributed by atoms with Crippen LogP contribution in [0.15, 0.2) is 29.1 Å². The van der Waals surface area contributed by atoms with Gasteiger partial charge in [0.05, 0.1) is 29.6 Å². The van der Waals surface area contributed by atoms with E-state index in [4.69, 9.17) is 0 Å². The first kappa shape index (κ1) is 23.1. The molecule has 0 saturated heterocycles. The molecule has 1 aliphatic rings. The Kier molecular flexibility index (Phi) is 7.21. The fourth-order valence-electron chi connectivity index (χ4n) is 4.34. The highest BCUT2D eigenvalue weighted by molar-refractivity contribution is 7.16. The lowest BCUT2D eigenvalue weighted by Gasteiger charge is -2.21. The van der Waals surface area contributed by atoms with Crippen molar-refractivity contribution < 1.29 is 4.79 Å². The Morgan fingerprint density at radius 2 is 2.21 bits per heavy atom. The molecule has 2 heterocycles. The van der Waals surface area contributed by atoms with Crippen molar-refractivity contribution in [2.45, 2.75) is 52.5 Å². The summed E-state index contributed by atoms with van der Waals surface area (Å²) in [6.07, 6.45) is 4.87. The van der Waals surface area contributed by atoms with Gasteiger partial charge in [0.2, 0.25) is 5.91 Å². The Bertz CT molecular complexity index is 1260. The Labute approximate surface area is 197 Å². The number of benzene rings is 1. The van der Waals surface area contributed by atoms with Crippen molar-refractivity contribution >= 4 is 33.1 Å². The molecule has 1 atom stereocenters. The number of carbonyl (C=O) groups excluding carboxylic acids is 1. The molecule has 2 N–H and O–H groups in total. The van der Waals surface area contributed by atoms with E-state index >= 15 is 0 Å². The van der Waals surface area contributed by atoms with Gasteiger partial charge in [-0.05, 0) is 55.8 Å². The highest BCUT2D eigenvalue weighted by Gasteiger charge is 2.25. The van der Waals surface area contributed by atoms with Crippen LogP contribution in [0.25, 0.3) is 10.9 Å². The summed E-state index contributed by atoms with van der Waals surface area (Å²) < 4.78 is 0. The second kappa shape index (κ2) is 10.3. The topological polar surface area (TPSA) is 102 Å². The largest absolute Gasteiger partial charge is 0.315 e. The van der Waals surface area contributed by atoms with Crippen LogP contribution in [-0.4, -0.2) is 33.9 Å². The van der Waals surface area contributed by atoms with Gasteiger partial charge in [-0.1, -0.05) is 32.4 Å². The van der Waals surface area contributed by atoms with Crippen LogP contribution in [0.4, 0.5) is 5.00 Å². The highest BCUT2D eigenvalue weighted by atomic mass is 32.1. The minimum atomic E-state index is -0.174. The van der Waals surface area contributed by atoms with Crippen LogP contribution in [0, 0.1) is 17.2 Å². The van der Waals surface area contributed by atoms with E-state index in [2.05, 4.69) is 35.2 Å². The third kappa shape index (κ3) is 5.32. The summed E-state index contributed by atoms with van der Waals surface area (Å²) in [6.45, 7) is 5.58. The normalized spacial score (nSPS) is 15.4. The van der Waals surface area contributed by atoms with E-state index in [1.807, 2.05) is 23.1 Å². The van der Waals surface area contributed by atoms with Gasteiger partial charge in [0.25, 0.3) is 5.56 Å². The smallest absolute Gasteiger partial charge is 0.258 e. The Hall–Kier alpha value is -3.02. The monoisotopic (exact) mass is 463 g/mol. The quantitative estimate of drug-likeness (QED) is 0.521. The van der Waals surface area contributed by atoms with Crippen LogP contribution in [0.5, 0.6) is 0 Å². The number of anilines is 1. The van der Waals surface area contributed by atoms with Gasteiger partial charge in [0.15, 0.2) is 0 Å². The number of thiophene rings is 1. The molecule has 1 amide bonds. The second-order valence-electron chi connectivity index (χ2n) is 8.81. The maximum absolute atomic E-state index is 13.0. The fraction of sp³-hybridized carbons (Fsp3) is 0.440. The number of aromatic amines is 1. The van der Waals surface area contributed by atoms with E-state index < -0.39 is 0 Å². The van der Waals surface area contributed by atoms with Crippen LogP contribution in [0.3, 0.4) is 0 Å². The zero-order valence-electron chi connectivity index (χ0n) is 19.1. The van der Waals surface area contributed by atoms with Crippen LogP contribution in [0.1, 0.15) is 54.9 Å².